The second-order valence-electron chi connectivity index (χ2n) is 4.95. The molecule has 19 heavy (non-hydrogen) atoms. The zero-order chi connectivity index (χ0) is 13.9. The van der Waals surface area contributed by atoms with Gasteiger partial charge in [0.15, 0.2) is 0 Å². The number of nitrogens with one attached hydrogen (secondary N) is 1. The standard InChI is InChI=1S/C17H26BrN/c1-3-5-6-7-8-13-17(19-14-4-2)15-11-9-10-12-16(15)18/h3,9-12,17,19H,1,4-8,13-14H2,2H3. The molecule has 0 saturated heterocycles. The largest absolute Gasteiger partial charge is 0.310 e. The Bertz CT molecular complexity index is 362. The molecule has 1 atom stereocenters. The van der Waals surface area contributed by atoms with Crippen LogP contribution >= 0.6 is 15.9 Å². The van der Waals surface area contributed by atoms with Gasteiger partial charge in [0.25, 0.3) is 0 Å². The van der Waals surface area contributed by atoms with Gasteiger partial charge in [-0.3, -0.25) is 0 Å². The molecule has 106 valence electrons. The van der Waals surface area contributed by atoms with E-state index < -0.39 is 0 Å². The number of hydrogen-bond acceptors (Lipinski definition) is 1. The zero-order valence-electron chi connectivity index (χ0n) is 12.0. The van der Waals surface area contributed by atoms with Crippen LogP contribution in [0.5, 0.6) is 0 Å². The second-order valence-corrected chi connectivity index (χ2v) is 5.81. The summed E-state index contributed by atoms with van der Waals surface area (Å²) < 4.78 is 1.22. The number of benzene rings is 1. The lowest BCUT2D eigenvalue weighted by atomic mass is 10.00. The van der Waals surface area contributed by atoms with Gasteiger partial charge in [-0.25, -0.2) is 0 Å². The molecular weight excluding hydrogens is 298 g/mol. The van der Waals surface area contributed by atoms with E-state index in [1.54, 1.807) is 0 Å². The third kappa shape index (κ3) is 6.40. The molecule has 1 aromatic carbocycles. The van der Waals surface area contributed by atoms with Crippen molar-refractivity contribution in [2.75, 3.05) is 6.54 Å². The van der Waals surface area contributed by atoms with Gasteiger partial charge in [0.2, 0.25) is 0 Å². The molecule has 1 nitrogen and oxygen atoms in total. The Hall–Kier alpha value is -0.600. The topological polar surface area (TPSA) is 12.0 Å². The van der Waals surface area contributed by atoms with Gasteiger partial charge in [-0.2, -0.15) is 0 Å². The monoisotopic (exact) mass is 323 g/mol. The van der Waals surface area contributed by atoms with Gasteiger partial charge < -0.3 is 5.32 Å². The summed E-state index contributed by atoms with van der Waals surface area (Å²) in [6, 6.07) is 9.03. The Morgan fingerprint density at radius 2 is 2.05 bits per heavy atom. The SMILES string of the molecule is C=CCCCCCC(NCCC)c1ccccc1Br. The lowest BCUT2D eigenvalue weighted by Gasteiger charge is -2.20. The van der Waals surface area contributed by atoms with Gasteiger partial charge in [-0.15, -0.1) is 6.58 Å². The van der Waals surface area contributed by atoms with Gasteiger partial charge in [0.1, 0.15) is 0 Å². The van der Waals surface area contributed by atoms with Crippen molar-refractivity contribution >= 4 is 15.9 Å². The summed E-state index contributed by atoms with van der Waals surface area (Å²) in [6.07, 6.45) is 9.37. The quantitative estimate of drug-likeness (QED) is 0.435. The molecule has 0 bridgehead atoms. The summed E-state index contributed by atoms with van der Waals surface area (Å²) in [4.78, 5) is 0. The smallest absolute Gasteiger partial charge is 0.0331 e. The molecule has 0 aromatic heterocycles. The molecule has 0 radical (unpaired) electrons. The van der Waals surface area contributed by atoms with Crippen LogP contribution < -0.4 is 5.32 Å². The van der Waals surface area contributed by atoms with Crippen molar-refractivity contribution in [3.8, 4) is 0 Å². The highest BCUT2D eigenvalue weighted by Crippen LogP contribution is 2.27. The molecule has 1 unspecified atom stereocenters. The number of hydrogen-bond donors (Lipinski definition) is 1. The van der Waals surface area contributed by atoms with Crippen LogP contribution in [-0.2, 0) is 0 Å². The average molecular weight is 324 g/mol. The molecule has 0 saturated carbocycles. The minimum Gasteiger partial charge on any atom is -0.310 e. The van der Waals surface area contributed by atoms with Gasteiger partial charge in [-0.05, 0) is 43.9 Å². The highest BCUT2D eigenvalue weighted by Gasteiger charge is 2.12. The number of rotatable bonds is 10. The van der Waals surface area contributed by atoms with Crippen LogP contribution in [0, 0.1) is 0 Å². The van der Waals surface area contributed by atoms with E-state index in [0.717, 1.165) is 13.0 Å². The molecule has 1 rings (SSSR count). The van der Waals surface area contributed by atoms with Crippen LogP contribution in [0.2, 0.25) is 0 Å². The van der Waals surface area contributed by atoms with E-state index in [1.165, 1.54) is 42.1 Å². The van der Waals surface area contributed by atoms with Crippen LogP contribution in [-0.4, -0.2) is 6.54 Å². The van der Waals surface area contributed by atoms with Gasteiger partial charge in [0, 0.05) is 10.5 Å². The summed E-state index contributed by atoms with van der Waals surface area (Å²) in [7, 11) is 0. The minimum absolute atomic E-state index is 0.472. The van der Waals surface area contributed by atoms with Crippen molar-refractivity contribution in [1.29, 1.82) is 0 Å². The summed E-state index contributed by atoms with van der Waals surface area (Å²) in [5.74, 6) is 0. The first-order chi connectivity index (χ1) is 9.29. The minimum atomic E-state index is 0.472. The molecular formula is C17H26BrN. The maximum absolute atomic E-state index is 3.77. The second kappa shape index (κ2) is 10.2. The first-order valence-electron chi connectivity index (χ1n) is 7.38. The molecule has 0 amide bonds. The summed E-state index contributed by atoms with van der Waals surface area (Å²) >= 11 is 3.67. The van der Waals surface area contributed by atoms with Crippen LogP contribution in [0.3, 0.4) is 0 Å². The van der Waals surface area contributed by atoms with Crippen LogP contribution in [0.4, 0.5) is 0 Å². The fourth-order valence-electron chi connectivity index (χ4n) is 2.26. The number of halogens is 1. The summed E-state index contributed by atoms with van der Waals surface area (Å²) in [6.45, 7) is 7.07. The third-order valence-electron chi connectivity index (χ3n) is 3.32. The molecule has 0 aliphatic heterocycles. The zero-order valence-corrected chi connectivity index (χ0v) is 13.6. The van der Waals surface area contributed by atoms with E-state index in [2.05, 4.69) is 59.0 Å². The van der Waals surface area contributed by atoms with E-state index in [4.69, 9.17) is 0 Å². The molecule has 0 heterocycles. The predicted octanol–water partition coefficient (Wildman–Crippen LogP) is 5.63. The first kappa shape index (κ1) is 16.5. The molecule has 2 heteroatoms. The van der Waals surface area contributed by atoms with Crippen molar-refractivity contribution in [3.05, 3.63) is 47.0 Å². The normalized spacial score (nSPS) is 12.3. The van der Waals surface area contributed by atoms with Gasteiger partial charge in [-0.1, -0.05) is 60.0 Å². The van der Waals surface area contributed by atoms with E-state index in [0.29, 0.717) is 6.04 Å². The molecule has 1 N–H and O–H groups in total. The Labute approximate surface area is 126 Å². The fourth-order valence-corrected chi connectivity index (χ4v) is 2.82. The van der Waals surface area contributed by atoms with E-state index in [-0.39, 0.29) is 0 Å². The van der Waals surface area contributed by atoms with Crippen molar-refractivity contribution in [1.82, 2.24) is 5.32 Å². The lowest BCUT2D eigenvalue weighted by Crippen LogP contribution is -2.22. The average Bonchev–Trinajstić information content (AvgIpc) is 2.43. The van der Waals surface area contributed by atoms with Crippen molar-refractivity contribution in [2.24, 2.45) is 0 Å². The Kier molecular flexibility index (Phi) is 8.85. The van der Waals surface area contributed by atoms with Crippen molar-refractivity contribution in [3.63, 3.8) is 0 Å². The third-order valence-corrected chi connectivity index (χ3v) is 4.04. The Morgan fingerprint density at radius 3 is 2.74 bits per heavy atom. The van der Waals surface area contributed by atoms with E-state index >= 15 is 0 Å². The van der Waals surface area contributed by atoms with Crippen LogP contribution in [0.1, 0.15) is 57.1 Å². The highest BCUT2D eigenvalue weighted by atomic mass is 79.9. The molecule has 0 fully saturated rings. The highest BCUT2D eigenvalue weighted by molar-refractivity contribution is 9.10. The van der Waals surface area contributed by atoms with Crippen molar-refractivity contribution in [2.45, 2.75) is 51.5 Å². The molecule has 0 spiro atoms. The van der Waals surface area contributed by atoms with Gasteiger partial charge >= 0.3 is 0 Å². The van der Waals surface area contributed by atoms with Crippen LogP contribution in [0.15, 0.2) is 41.4 Å². The maximum atomic E-state index is 3.77. The number of unbranched alkanes of at least 4 members (excludes halogenated alkanes) is 3. The van der Waals surface area contributed by atoms with E-state index in [9.17, 15) is 0 Å². The van der Waals surface area contributed by atoms with Crippen LogP contribution in [0.25, 0.3) is 0 Å². The number of allylic oxidation sites excluding steroid dienone is 1. The summed E-state index contributed by atoms with van der Waals surface area (Å²) in [5, 5.41) is 3.67. The fraction of sp³-hybridized carbons (Fsp3) is 0.529. The maximum Gasteiger partial charge on any atom is 0.0331 e. The summed E-state index contributed by atoms with van der Waals surface area (Å²) in [5.41, 5.74) is 1.39. The first-order valence-corrected chi connectivity index (χ1v) is 8.17. The molecule has 1 aromatic rings. The Balaban J connectivity index is 2.52. The van der Waals surface area contributed by atoms with E-state index in [1.807, 2.05) is 6.08 Å². The lowest BCUT2D eigenvalue weighted by molar-refractivity contribution is 0.471. The van der Waals surface area contributed by atoms with Gasteiger partial charge in [0.05, 0.1) is 0 Å². The predicted molar refractivity (Wildman–Crippen MR) is 88.5 cm³/mol. The molecule has 0 aliphatic rings. The molecule has 0 aliphatic carbocycles. The Morgan fingerprint density at radius 1 is 1.26 bits per heavy atom. The van der Waals surface area contributed by atoms with Crippen molar-refractivity contribution < 1.29 is 0 Å².